The molecule has 2 heterocycles. The molecular weight excluding hydrogens is 272 g/mol. The number of aromatic nitrogens is 2. The van der Waals surface area contributed by atoms with Crippen LogP contribution in [0.1, 0.15) is 43.5 Å². The Labute approximate surface area is 123 Å². The van der Waals surface area contributed by atoms with E-state index in [0.717, 1.165) is 49.3 Å². The van der Waals surface area contributed by atoms with Crippen molar-refractivity contribution in [2.75, 3.05) is 11.9 Å². The summed E-state index contributed by atoms with van der Waals surface area (Å²) in [6.07, 6.45) is 3.99. The molecule has 21 heavy (non-hydrogen) atoms. The lowest BCUT2D eigenvalue weighted by Gasteiger charge is -2.26. The van der Waals surface area contributed by atoms with E-state index in [-0.39, 0.29) is 6.04 Å². The average Bonchev–Trinajstić information content (AvgIpc) is 2.90. The van der Waals surface area contributed by atoms with Gasteiger partial charge in [-0.15, -0.1) is 0 Å². The van der Waals surface area contributed by atoms with Crippen molar-refractivity contribution in [2.45, 2.75) is 38.6 Å². The Bertz CT molecular complexity index is 636. The Morgan fingerprint density at radius 1 is 1.29 bits per heavy atom. The molecule has 1 N–H and O–H groups in total. The summed E-state index contributed by atoms with van der Waals surface area (Å²) in [6.45, 7) is 2.96. The fraction of sp³-hybridized carbons (Fsp3) is 0.438. The lowest BCUT2D eigenvalue weighted by atomic mass is 10.0. The summed E-state index contributed by atoms with van der Waals surface area (Å²) in [5, 5.41) is 7.95. The van der Waals surface area contributed by atoms with E-state index in [1.807, 2.05) is 4.68 Å². The van der Waals surface area contributed by atoms with Crippen molar-refractivity contribution in [1.82, 2.24) is 9.78 Å². The van der Waals surface area contributed by atoms with E-state index >= 15 is 0 Å². The monoisotopic (exact) mass is 291 g/mol. The number of fused-ring (bicyclic) bond motifs is 1. The number of nitrogens with one attached hydrogen (secondary N) is 1. The van der Waals surface area contributed by atoms with Crippen LogP contribution in [0.2, 0.25) is 0 Å². The van der Waals surface area contributed by atoms with Gasteiger partial charge >= 0.3 is 0 Å². The summed E-state index contributed by atoms with van der Waals surface area (Å²) in [5.41, 5.74) is 1.82. The van der Waals surface area contributed by atoms with Crippen LogP contribution in [0.15, 0.2) is 24.3 Å². The molecule has 1 aliphatic rings. The van der Waals surface area contributed by atoms with E-state index in [2.05, 4.69) is 23.4 Å². The maximum Gasteiger partial charge on any atom is 0.159 e. The fourth-order valence-electron chi connectivity index (χ4n) is 2.78. The predicted molar refractivity (Wildman–Crippen MR) is 78.4 cm³/mol. The van der Waals surface area contributed by atoms with Gasteiger partial charge in [-0.05, 0) is 37.0 Å². The number of aryl methyl sites for hydroxylation is 1. The first-order valence-corrected chi connectivity index (χ1v) is 7.46. The third-order valence-electron chi connectivity index (χ3n) is 3.92. The van der Waals surface area contributed by atoms with E-state index in [0.29, 0.717) is 0 Å². The maximum absolute atomic E-state index is 13.5. The normalized spacial score (nSPS) is 17.4. The zero-order chi connectivity index (χ0) is 14.8. The summed E-state index contributed by atoms with van der Waals surface area (Å²) in [6, 6.07) is 6.13. The first-order valence-electron chi connectivity index (χ1n) is 7.46. The summed E-state index contributed by atoms with van der Waals surface area (Å²) in [4.78, 5) is 0. The highest BCUT2D eigenvalue weighted by Gasteiger charge is 2.23. The molecule has 1 aliphatic heterocycles. The lowest BCUT2D eigenvalue weighted by molar-refractivity contribution is 0.466. The molecule has 2 aromatic rings. The highest BCUT2D eigenvalue weighted by molar-refractivity contribution is 5.41. The smallest absolute Gasteiger partial charge is 0.159 e. The van der Waals surface area contributed by atoms with E-state index in [9.17, 15) is 8.78 Å². The summed E-state index contributed by atoms with van der Waals surface area (Å²) < 4.78 is 28.5. The number of rotatable bonds is 4. The Morgan fingerprint density at radius 3 is 2.90 bits per heavy atom. The standard InChI is InChI=1S/C16H19F2N3/c1-2-3-4-12-10-16-19-8-7-15(21(16)20-12)11-5-6-13(17)14(18)9-11/h5-6,9-10,15,19H,2-4,7-8H2,1H3. The van der Waals surface area contributed by atoms with Crippen molar-refractivity contribution in [3.8, 4) is 0 Å². The maximum atomic E-state index is 13.5. The van der Waals surface area contributed by atoms with Crippen LogP contribution in [0.4, 0.5) is 14.6 Å². The molecule has 0 radical (unpaired) electrons. The molecule has 1 atom stereocenters. The van der Waals surface area contributed by atoms with Crippen LogP contribution in [0.3, 0.4) is 0 Å². The molecule has 1 unspecified atom stereocenters. The Balaban J connectivity index is 1.92. The number of benzene rings is 1. The van der Waals surface area contributed by atoms with Crippen LogP contribution in [0.5, 0.6) is 0 Å². The molecule has 0 saturated carbocycles. The first kappa shape index (κ1) is 14.0. The number of hydrogen-bond donors (Lipinski definition) is 1. The quantitative estimate of drug-likeness (QED) is 0.925. The first-order chi connectivity index (χ1) is 10.2. The number of nitrogens with zero attached hydrogens (tertiary/aromatic N) is 2. The topological polar surface area (TPSA) is 29.9 Å². The second-order valence-electron chi connectivity index (χ2n) is 5.47. The second-order valence-corrected chi connectivity index (χ2v) is 5.47. The van der Waals surface area contributed by atoms with Gasteiger partial charge in [0.25, 0.3) is 0 Å². The number of anilines is 1. The predicted octanol–water partition coefficient (Wildman–Crippen LogP) is 3.91. The van der Waals surface area contributed by atoms with Gasteiger partial charge in [0.15, 0.2) is 11.6 Å². The molecule has 0 spiro atoms. The Kier molecular flexibility index (Phi) is 3.90. The van der Waals surface area contributed by atoms with Gasteiger partial charge in [-0.1, -0.05) is 19.4 Å². The zero-order valence-corrected chi connectivity index (χ0v) is 12.1. The third-order valence-corrected chi connectivity index (χ3v) is 3.92. The van der Waals surface area contributed by atoms with Gasteiger partial charge in [-0.3, -0.25) is 0 Å². The molecule has 5 heteroatoms. The minimum atomic E-state index is -0.808. The molecule has 1 aromatic carbocycles. The Hall–Kier alpha value is -1.91. The van der Waals surface area contributed by atoms with Crippen molar-refractivity contribution < 1.29 is 8.78 Å². The van der Waals surface area contributed by atoms with Crippen molar-refractivity contribution in [1.29, 1.82) is 0 Å². The largest absolute Gasteiger partial charge is 0.370 e. The molecule has 0 amide bonds. The van der Waals surface area contributed by atoms with E-state index in [1.54, 1.807) is 6.07 Å². The molecule has 0 aliphatic carbocycles. The van der Waals surface area contributed by atoms with Crippen LogP contribution < -0.4 is 5.32 Å². The van der Waals surface area contributed by atoms with E-state index in [4.69, 9.17) is 0 Å². The molecule has 0 fully saturated rings. The van der Waals surface area contributed by atoms with Gasteiger partial charge in [0.1, 0.15) is 5.82 Å². The van der Waals surface area contributed by atoms with E-state index < -0.39 is 11.6 Å². The third kappa shape index (κ3) is 2.77. The minimum absolute atomic E-state index is 0.0354. The highest BCUT2D eigenvalue weighted by atomic mass is 19.2. The van der Waals surface area contributed by atoms with E-state index in [1.165, 1.54) is 12.1 Å². The average molecular weight is 291 g/mol. The van der Waals surface area contributed by atoms with Crippen molar-refractivity contribution >= 4 is 5.82 Å². The van der Waals surface area contributed by atoms with Crippen LogP contribution in [-0.4, -0.2) is 16.3 Å². The number of unbranched alkanes of at least 4 members (excludes halogenated alkanes) is 1. The van der Waals surface area contributed by atoms with Gasteiger partial charge in [-0.25, -0.2) is 13.5 Å². The SMILES string of the molecule is CCCCc1cc2n(n1)C(c1ccc(F)c(F)c1)CCN2. The van der Waals surface area contributed by atoms with Gasteiger partial charge in [0.05, 0.1) is 11.7 Å². The van der Waals surface area contributed by atoms with Crippen LogP contribution >= 0.6 is 0 Å². The molecular formula is C16H19F2N3. The number of halogens is 2. The molecule has 1 aromatic heterocycles. The summed E-state index contributed by atoms with van der Waals surface area (Å²) in [7, 11) is 0. The molecule has 0 bridgehead atoms. The van der Waals surface area contributed by atoms with Crippen LogP contribution in [-0.2, 0) is 6.42 Å². The molecule has 112 valence electrons. The molecule has 0 saturated heterocycles. The number of hydrogen-bond acceptors (Lipinski definition) is 2. The second kappa shape index (κ2) is 5.84. The summed E-state index contributed by atoms with van der Waals surface area (Å²) >= 11 is 0. The zero-order valence-electron chi connectivity index (χ0n) is 12.1. The summed E-state index contributed by atoms with van der Waals surface area (Å²) in [5.74, 6) is -0.648. The van der Waals surface area contributed by atoms with Gasteiger partial charge in [0.2, 0.25) is 0 Å². The van der Waals surface area contributed by atoms with Gasteiger partial charge in [0, 0.05) is 12.6 Å². The Morgan fingerprint density at radius 2 is 2.14 bits per heavy atom. The molecule has 3 nitrogen and oxygen atoms in total. The highest BCUT2D eigenvalue weighted by Crippen LogP contribution is 2.30. The van der Waals surface area contributed by atoms with Crippen molar-refractivity contribution in [3.05, 3.63) is 47.2 Å². The van der Waals surface area contributed by atoms with Crippen LogP contribution in [0, 0.1) is 11.6 Å². The van der Waals surface area contributed by atoms with Crippen LogP contribution in [0.25, 0.3) is 0 Å². The fourth-order valence-corrected chi connectivity index (χ4v) is 2.78. The van der Waals surface area contributed by atoms with Crippen molar-refractivity contribution in [3.63, 3.8) is 0 Å². The minimum Gasteiger partial charge on any atom is -0.370 e. The molecule has 3 rings (SSSR count). The van der Waals surface area contributed by atoms with Gasteiger partial charge in [-0.2, -0.15) is 5.10 Å². The van der Waals surface area contributed by atoms with Gasteiger partial charge < -0.3 is 5.32 Å². The lowest BCUT2D eigenvalue weighted by Crippen LogP contribution is -2.24. The van der Waals surface area contributed by atoms with Crippen molar-refractivity contribution in [2.24, 2.45) is 0 Å².